The SMILES string of the molecule is CC(=O)C(C)C(=O)OCc1ccc([N+](=O)[O-])cc1. The molecular weight excluding hydrogens is 238 g/mol. The second kappa shape index (κ2) is 5.90. The number of nitro benzene ring substituents is 1. The Balaban J connectivity index is 2.56. The molecule has 0 saturated carbocycles. The van der Waals surface area contributed by atoms with Gasteiger partial charge in [-0.25, -0.2) is 0 Å². The van der Waals surface area contributed by atoms with Gasteiger partial charge in [-0.15, -0.1) is 0 Å². The maximum atomic E-state index is 11.4. The Labute approximate surface area is 104 Å². The van der Waals surface area contributed by atoms with Gasteiger partial charge < -0.3 is 4.74 Å². The summed E-state index contributed by atoms with van der Waals surface area (Å²) in [5.41, 5.74) is 0.604. The molecule has 0 aliphatic carbocycles. The average Bonchev–Trinajstić information content (AvgIpc) is 2.35. The molecule has 18 heavy (non-hydrogen) atoms. The second-order valence-electron chi connectivity index (χ2n) is 3.86. The van der Waals surface area contributed by atoms with Gasteiger partial charge in [0.1, 0.15) is 18.3 Å². The van der Waals surface area contributed by atoms with Crippen molar-refractivity contribution in [3.8, 4) is 0 Å². The number of carbonyl (C=O) groups is 2. The fourth-order valence-corrected chi connectivity index (χ4v) is 1.16. The molecule has 1 unspecified atom stereocenters. The summed E-state index contributed by atoms with van der Waals surface area (Å²) in [4.78, 5) is 32.2. The van der Waals surface area contributed by atoms with E-state index in [1.165, 1.54) is 38.1 Å². The van der Waals surface area contributed by atoms with Crippen LogP contribution < -0.4 is 0 Å². The van der Waals surface area contributed by atoms with Crippen LogP contribution in [0.15, 0.2) is 24.3 Å². The third-order valence-electron chi connectivity index (χ3n) is 2.49. The molecule has 0 saturated heterocycles. The molecule has 6 nitrogen and oxygen atoms in total. The molecule has 0 fully saturated rings. The lowest BCUT2D eigenvalue weighted by Crippen LogP contribution is -2.20. The number of ether oxygens (including phenoxy) is 1. The average molecular weight is 251 g/mol. The Kier molecular flexibility index (Phi) is 4.53. The highest BCUT2D eigenvalue weighted by molar-refractivity contribution is 5.97. The minimum Gasteiger partial charge on any atom is -0.460 e. The lowest BCUT2D eigenvalue weighted by atomic mass is 10.1. The molecular formula is C12H13NO5. The Morgan fingerprint density at radius 2 is 1.89 bits per heavy atom. The topological polar surface area (TPSA) is 86.5 Å². The zero-order valence-corrected chi connectivity index (χ0v) is 10.1. The van der Waals surface area contributed by atoms with Crippen molar-refractivity contribution in [2.75, 3.05) is 0 Å². The summed E-state index contributed by atoms with van der Waals surface area (Å²) in [5.74, 6) is -1.65. The summed E-state index contributed by atoms with van der Waals surface area (Å²) in [6.45, 7) is 2.78. The summed E-state index contributed by atoms with van der Waals surface area (Å²) in [6.07, 6.45) is 0. The number of ketones is 1. The quantitative estimate of drug-likeness (QED) is 0.345. The van der Waals surface area contributed by atoms with E-state index in [-0.39, 0.29) is 18.1 Å². The molecule has 1 rings (SSSR count). The molecule has 6 heteroatoms. The van der Waals surface area contributed by atoms with Crippen molar-refractivity contribution in [1.29, 1.82) is 0 Å². The summed E-state index contributed by atoms with van der Waals surface area (Å²) in [6, 6.07) is 5.67. The van der Waals surface area contributed by atoms with E-state index in [0.29, 0.717) is 5.56 Å². The first-order chi connectivity index (χ1) is 8.41. The monoisotopic (exact) mass is 251 g/mol. The molecule has 0 N–H and O–H groups in total. The molecule has 0 aliphatic heterocycles. The Morgan fingerprint density at radius 3 is 2.33 bits per heavy atom. The van der Waals surface area contributed by atoms with Crippen molar-refractivity contribution in [2.45, 2.75) is 20.5 Å². The van der Waals surface area contributed by atoms with Crippen LogP contribution in [0.25, 0.3) is 0 Å². The summed E-state index contributed by atoms with van der Waals surface area (Å²) < 4.78 is 4.92. The smallest absolute Gasteiger partial charge is 0.316 e. The molecule has 0 radical (unpaired) electrons. The number of benzene rings is 1. The number of nitrogens with zero attached hydrogens (tertiary/aromatic N) is 1. The van der Waals surface area contributed by atoms with Crippen molar-refractivity contribution in [1.82, 2.24) is 0 Å². The predicted octanol–water partition coefficient (Wildman–Crippen LogP) is 1.86. The first kappa shape index (κ1) is 13.8. The van der Waals surface area contributed by atoms with Crippen molar-refractivity contribution >= 4 is 17.4 Å². The van der Waals surface area contributed by atoms with Gasteiger partial charge in [0, 0.05) is 12.1 Å². The number of rotatable bonds is 5. The van der Waals surface area contributed by atoms with E-state index in [1.54, 1.807) is 0 Å². The molecule has 0 aromatic heterocycles. The first-order valence-electron chi connectivity index (χ1n) is 5.32. The Morgan fingerprint density at radius 1 is 1.33 bits per heavy atom. The van der Waals surface area contributed by atoms with Gasteiger partial charge in [-0.05, 0) is 31.5 Å². The largest absolute Gasteiger partial charge is 0.460 e. The maximum Gasteiger partial charge on any atom is 0.316 e. The molecule has 1 atom stereocenters. The number of hydrogen-bond donors (Lipinski definition) is 0. The molecule has 1 aromatic carbocycles. The van der Waals surface area contributed by atoms with Gasteiger partial charge in [-0.1, -0.05) is 0 Å². The van der Waals surface area contributed by atoms with Gasteiger partial charge in [0.05, 0.1) is 4.92 Å². The second-order valence-corrected chi connectivity index (χ2v) is 3.86. The number of nitro groups is 1. The highest BCUT2D eigenvalue weighted by Crippen LogP contribution is 2.13. The molecule has 0 aliphatic rings. The molecule has 1 aromatic rings. The van der Waals surface area contributed by atoms with Crippen LogP contribution in [-0.2, 0) is 20.9 Å². The number of Topliss-reactive ketones (excluding diaryl/α,β-unsaturated/α-hetero) is 1. The molecule has 0 spiro atoms. The van der Waals surface area contributed by atoms with Crippen molar-refractivity contribution in [2.24, 2.45) is 5.92 Å². The standard InChI is InChI=1S/C12H13NO5/c1-8(9(2)14)12(15)18-7-10-3-5-11(6-4-10)13(16)17/h3-6,8H,7H2,1-2H3. The van der Waals surface area contributed by atoms with Gasteiger partial charge in [0.15, 0.2) is 0 Å². The van der Waals surface area contributed by atoms with E-state index < -0.39 is 16.8 Å². The van der Waals surface area contributed by atoms with Crippen LogP contribution in [0, 0.1) is 16.0 Å². The summed E-state index contributed by atoms with van der Waals surface area (Å²) >= 11 is 0. The third-order valence-corrected chi connectivity index (χ3v) is 2.49. The normalized spacial score (nSPS) is 11.7. The molecule has 0 heterocycles. The van der Waals surface area contributed by atoms with Crippen LogP contribution in [-0.4, -0.2) is 16.7 Å². The molecule has 0 bridgehead atoms. The van der Waals surface area contributed by atoms with Crippen molar-refractivity contribution < 1.29 is 19.2 Å². The fraction of sp³-hybridized carbons (Fsp3) is 0.333. The lowest BCUT2D eigenvalue weighted by Gasteiger charge is -2.08. The number of hydrogen-bond acceptors (Lipinski definition) is 5. The number of esters is 1. The van der Waals surface area contributed by atoms with Gasteiger partial charge in [-0.3, -0.25) is 19.7 Å². The Bertz CT molecular complexity index is 466. The third kappa shape index (κ3) is 3.65. The van der Waals surface area contributed by atoms with Gasteiger partial charge >= 0.3 is 5.97 Å². The zero-order valence-electron chi connectivity index (χ0n) is 10.1. The highest BCUT2D eigenvalue weighted by atomic mass is 16.6. The van der Waals surface area contributed by atoms with Crippen LogP contribution in [0.5, 0.6) is 0 Å². The molecule has 0 amide bonds. The zero-order chi connectivity index (χ0) is 13.7. The summed E-state index contributed by atoms with van der Waals surface area (Å²) in [5, 5.41) is 10.4. The maximum absolute atomic E-state index is 11.4. The van der Waals surface area contributed by atoms with Crippen LogP contribution in [0.3, 0.4) is 0 Å². The Hall–Kier alpha value is -2.24. The van der Waals surface area contributed by atoms with E-state index in [1.807, 2.05) is 0 Å². The van der Waals surface area contributed by atoms with Crippen LogP contribution in [0.1, 0.15) is 19.4 Å². The van der Waals surface area contributed by atoms with Gasteiger partial charge in [0.25, 0.3) is 5.69 Å². The van der Waals surface area contributed by atoms with Gasteiger partial charge in [0.2, 0.25) is 0 Å². The predicted molar refractivity (Wildman–Crippen MR) is 62.7 cm³/mol. The van der Waals surface area contributed by atoms with E-state index in [9.17, 15) is 19.7 Å². The van der Waals surface area contributed by atoms with E-state index in [4.69, 9.17) is 4.74 Å². The van der Waals surface area contributed by atoms with Crippen LogP contribution >= 0.6 is 0 Å². The van der Waals surface area contributed by atoms with Crippen LogP contribution in [0.2, 0.25) is 0 Å². The minimum atomic E-state index is -0.789. The van der Waals surface area contributed by atoms with Crippen LogP contribution in [0.4, 0.5) is 5.69 Å². The number of carbonyl (C=O) groups excluding carboxylic acids is 2. The van der Waals surface area contributed by atoms with Crippen molar-refractivity contribution in [3.05, 3.63) is 39.9 Å². The molecule has 96 valence electrons. The van der Waals surface area contributed by atoms with E-state index in [2.05, 4.69) is 0 Å². The first-order valence-corrected chi connectivity index (χ1v) is 5.32. The minimum absolute atomic E-state index is 0.00551. The number of non-ortho nitro benzene ring substituents is 1. The summed E-state index contributed by atoms with van der Waals surface area (Å²) in [7, 11) is 0. The highest BCUT2D eigenvalue weighted by Gasteiger charge is 2.19. The fourth-order valence-electron chi connectivity index (χ4n) is 1.16. The van der Waals surface area contributed by atoms with E-state index in [0.717, 1.165) is 0 Å². The van der Waals surface area contributed by atoms with E-state index >= 15 is 0 Å². The van der Waals surface area contributed by atoms with Crippen molar-refractivity contribution in [3.63, 3.8) is 0 Å². The van der Waals surface area contributed by atoms with Gasteiger partial charge in [-0.2, -0.15) is 0 Å². The lowest BCUT2D eigenvalue weighted by molar-refractivity contribution is -0.384.